The summed E-state index contributed by atoms with van der Waals surface area (Å²) in [5.41, 5.74) is 2.07. The minimum absolute atomic E-state index is 0.487. The first kappa shape index (κ1) is 14.3. The molecule has 0 aliphatic heterocycles. The van der Waals surface area contributed by atoms with E-state index in [2.05, 4.69) is 26.2 Å². The van der Waals surface area contributed by atoms with Gasteiger partial charge in [-0.15, -0.1) is 0 Å². The standard InChI is InChI=1S/C14H14BrClN2O/c1-17-7-11-6-14(18-8-13(11)16)19-9-10-2-4-12(15)5-3-10/h2-6,8,17H,7,9H2,1H3. The highest BCUT2D eigenvalue weighted by atomic mass is 79.9. The number of aromatic nitrogens is 1. The molecule has 0 aliphatic rings. The molecule has 0 unspecified atom stereocenters. The quantitative estimate of drug-likeness (QED) is 0.898. The monoisotopic (exact) mass is 340 g/mol. The van der Waals surface area contributed by atoms with Crippen LogP contribution in [0, 0.1) is 0 Å². The van der Waals surface area contributed by atoms with Crippen LogP contribution in [0.1, 0.15) is 11.1 Å². The predicted molar refractivity (Wildman–Crippen MR) is 80.5 cm³/mol. The van der Waals surface area contributed by atoms with Crippen LogP contribution >= 0.6 is 27.5 Å². The highest BCUT2D eigenvalue weighted by molar-refractivity contribution is 9.10. The van der Waals surface area contributed by atoms with Crippen molar-refractivity contribution in [1.29, 1.82) is 0 Å². The summed E-state index contributed by atoms with van der Waals surface area (Å²) in [7, 11) is 1.87. The molecule has 1 heterocycles. The van der Waals surface area contributed by atoms with Crippen LogP contribution in [0.4, 0.5) is 0 Å². The first-order valence-corrected chi connectivity index (χ1v) is 7.02. The maximum atomic E-state index is 6.05. The van der Waals surface area contributed by atoms with Crippen molar-refractivity contribution in [3.8, 4) is 5.88 Å². The van der Waals surface area contributed by atoms with Crippen LogP contribution < -0.4 is 10.1 Å². The van der Waals surface area contributed by atoms with Gasteiger partial charge in [-0.3, -0.25) is 0 Å². The number of hydrogen-bond donors (Lipinski definition) is 1. The second-order valence-corrected chi connectivity index (χ2v) is 5.38. The topological polar surface area (TPSA) is 34.1 Å². The Hall–Kier alpha value is -1.10. The van der Waals surface area contributed by atoms with Crippen LogP contribution in [0.3, 0.4) is 0 Å². The third-order valence-electron chi connectivity index (χ3n) is 2.58. The van der Waals surface area contributed by atoms with Crippen molar-refractivity contribution in [1.82, 2.24) is 10.3 Å². The zero-order chi connectivity index (χ0) is 13.7. The molecule has 0 aliphatic carbocycles. The number of benzene rings is 1. The van der Waals surface area contributed by atoms with Gasteiger partial charge in [0.15, 0.2) is 0 Å². The number of halogens is 2. The van der Waals surface area contributed by atoms with Gasteiger partial charge in [0.25, 0.3) is 0 Å². The fraction of sp³-hybridized carbons (Fsp3) is 0.214. The van der Waals surface area contributed by atoms with Gasteiger partial charge in [0, 0.05) is 23.3 Å². The Morgan fingerprint density at radius 2 is 2.05 bits per heavy atom. The number of pyridine rings is 1. The Morgan fingerprint density at radius 3 is 2.74 bits per heavy atom. The van der Waals surface area contributed by atoms with Crippen molar-refractivity contribution in [3.63, 3.8) is 0 Å². The molecule has 0 saturated heterocycles. The van der Waals surface area contributed by atoms with Gasteiger partial charge in [-0.2, -0.15) is 0 Å². The smallest absolute Gasteiger partial charge is 0.213 e. The van der Waals surface area contributed by atoms with Gasteiger partial charge in [0.1, 0.15) is 6.61 Å². The normalized spacial score (nSPS) is 10.5. The van der Waals surface area contributed by atoms with Crippen LogP contribution in [0.25, 0.3) is 0 Å². The van der Waals surface area contributed by atoms with Crippen LogP contribution in [0.5, 0.6) is 5.88 Å². The lowest BCUT2D eigenvalue weighted by atomic mass is 10.2. The highest BCUT2D eigenvalue weighted by Gasteiger charge is 2.04. The molecule has 0 bridgehead atoms. The van der Waals surface area contributed by atoms with E-state index in [0.29, 0.717) is 24.1 Å². The van der Waals surface area contributed by atoms with Crippen molar-refractivity contribution in [2.45, 2.75) is 13.2 Å². The molecule has 1 N–H and O–H groups in total. The lowest BCUT2D eigenvalue weighted by Crippen LogP contribution is -2.06. The fourth-order valence-corrected chi connectivity index (χ4v) is 2.04. The van der Waals surface area contributed by atoms with E-state index >= 15 is 0 Å². The minimum atomic E-state index is 0.487. The molecule has 5 heteroatoms. The molecule has 0 radical (unpaired) electrons. The van der Waals surface area contributed by atoms with E-state index in [9.17, 15) is 0 Å². The van der Waals surface area contributed by atoms with Crippen LogP contribution in [-0.2, 0) is 13.2 Å². The lowest BCUT2D eigenvalue weighted by Gasteiger charge is -2.08. The van der Waals surface area contributed by atoms with E-state index in [1.807, 2.05) is 37.4 Å². The zero-order valence-corrected chi connectivity index (χ0v) is 12.8. The van der Waals surface area contributed by atoms with Crippen LogP contribution in [0.15, 0.2) is 41.0 Å². The molecule has 100 valence electrons. The molecular formula is C14H14BrClN2O. The molecule has 1 aromatic carbocycles. The van der Waals surface area contributed by atoms with Gasteiger partial charge in [0.05, 0.1) is 5.02 Å². The second kappa shape index (κ2) is 6.89. The van der Waals surface area contributed by atoms with Gasteiger partial charge < -0.3 is 10.1 Å². The van der Waals surface area contributed by atoms with Crippen molar-refractivity contribution in [3.05, 3.63) is 57.2 Å². The Kier molecular flexibility index (Phi) is 5.19. The Balaban J connectivity index is 2.03. The molecule has 0 spiro atoms. The Morgan fingerprint density at radius 1 is 1.32 bits per heavy atom. The lowest BCUT2D eigenvalue weighted by molar-refractivity contribution is 0.293. The molecule has 0 amide bonds. The van der Waals surface area contributed by atoms with E-state index in [1.165, 1.54) is 0 Å². The number of ether oxygens (including phenoxy) is 1. The van der Waals surface area contributed by atoms with Crippen LogP contribution in [0.2, 0.25) is 5.02 Å². The van der Waals surface area contributed by atoms with E-state index < -0.39 is 0 Å². The van der Waals surface area contributed by atoms with Crippen molar-refractivity contribution in [2.75, 3.05) is 7.05 Å². The molecule has 3 nitrogen and oxygen atoms in total. The third kappa shape index (κ3) is 4.20. The molecule has 0 saturated carbocycles. The second-order valence-electron chi connectivity index (χ2n) is 4.06. The maximum absolute atomic E-state index is 6.05. The number of nitrogens with zero attached hydrogens (tertiary/aromatic N) is 1. The molecule has 1 aromatic heterocycles. The summed E-state index contributed by atoms with van der Waals surface area (Å²) >= 11 is 9.45. The van der Waals surface area contributed by atoms with Gasteiger partial charge in [-0.25, -0.2) is 4.98 Å². The fourth-order valence-electron chi connectivity index (χ4n) is 1.60. The highest BCUT2D eigenvalue weighted by Crippen LogP contribution is 2.20. The molecule has 2 rings (SSSR count). The predicted octanol–water partition coefficient (Wildman–Crippen LogP) is 3.80. The van der Waals surface area contributed by atoms with E-state index in [-0.39, 0.29) is 0 Å². The summed E-state index contributed by atoms with van der Waals surface area (Å²) in [6.07, 6.45) is 1.62. The summed E-state index contributed by atoms with van der Waals surface area (Å²) in [6.45, 7) is 1.18. The molecule has 2 aromatic rings. The first-order valence-electron chi connectivity index (χ1n) is 5.85. The Bertz CT molecular complexity index is 546. The Labute approximate surface area is 126 Å². The minimum Gasteiger partial charge on any atom is -0.473 e. The van der Waals surface area contributed by atoms with E-state index in [4.69, 9.17) is 16.3 Å². The maximum Gasteiger partial charge on any atom is 0.213 e. The van der Waals surface area contributed by atoms with Gasteiger partial charge >= 0.3 is 0 Å². The SMILES string of the molecule is CNCc1cc(OCc2ccc(Br)cc2)ncc1Cl. The van der Waals surface area contributed by atoms with E-state index in [0.717, 1.165) is 15.6 Å². The average molecular weight is 342 g/mol. The molecule has 0 atom stereocenters. The summed E-state index contributed by atoms with van der Waals surface area (Å²) < 4.78 is 6.71. The van der Waals surface area contributed by atoms with E-state index in [1.54, 1.807) is 6.20 Å². The van der Waals surface area contributed by atoms with Gasteiger partial charge in [-0.1, -0.05) is 39.7 Å². The number of rotatable bonds is 5. The largest absolute Gasteiger partial charge is 0.473 e. The molecule has 0 fully saturated rings. The van der Waals surface area contributed by atoms with Crippen LogP contribution in [-0.4, -0.2) is 12.0 Å². The summed E-state index contributed by atoms with van der Waals surface area (Å²) in [4.78, 5) is 4.16. The van der Waals surface area contributed by atoms with Crippen molar-refractivity contribution < 1.29 is 4.74 Å². The number of hydrogen-bond acceptors (Lipinski definition) is 3. The van der Waals surface area contributed by atoms with Crippen molar-refractivity contribution in [2.24, 2.45) is 0 Å². The first-order chi connectivity index (χ1) is 9.19. The average Bonchev–Trinajstić information content (AvgIpc) is 2.42. The van der Waals surface area contributed by atoms with Crippen molar-refractivity contribution >= 4 is 27.5 Å². The summed E-state index contributed by atoms with van der Waals surface area (Å²) in [5, 5.41) is 3.70. The van der Waals surface area contributed by atoms with Gasteiger partial charge in [-0.05, 0) is 30.3 Å². The molecular weight excluding hydrogens is 328 g/mol. The van der Waals surface area contributed by atoms with Gasteiger partial charge in [0.2, 0.25) is 5.88 Å². The number of nitrogens with one attached hydrogen (secondary N) is 1. The zero-order valence-electron chi connectivity index (χ0n) is 10.5. The summed E-state index contributed by atoms with van der Waals surface area (Å²) in [5.74, 6) is 0.581. The third-order valence-corrected chi connectivity index (χ3v) is 3.45. The summed E-state index contributed by atoms with van der Waals surface area (Å²) in [6, 6.07) is 9.85. The molecule has 19 heavy (non-hydrogen) atoms.